The van der Waals surface area contributed by atoms with E-state index in [1.165, 1.54) is 30.2 Å². The lowest BCUT2D eigenvalue weighted by atomic mass is 9.96. The van der Waals surface area contributed by atoms with Gasteiger partial charge in [-0.1, -0.05) is 25.8 Å². The van der Waals surface area contributed by atoms with Crippen molar-refractivity contribution >= 4 is 17.5 Å². The number of aromatic nitrogens is 2. The fourth-order valence-corrected chi connectivity index (χ4v) is 2.60. The van der Waals surface area contributed by atoms with Crippen molar-refractivity contribution in [3.8, 4) is 0 Å². The predicted octanol–water partition coefficient (Wildman–Crippen LogP) is 1.97. The van der Waals surface area contributed by atoms with Crippen molar-refractivity contribution < 1.29 is 9.59 Å². The van der Waals surface area contributed by atoms with Crippen LogP contribution in [0.5, 0.6) is 0 Å². The smallest absolute Gasteiger partial charge is 0.246 e. The number of anilines is 1. The zero-order chi connectivity index (χ0) is 15.2. The van der Waals surface area contributed by atoms with E-state index < -0.39 is 0 Å². The number of nitrogens with one attached hydrogen (secondary N) is 1. The van der Waals surface area contributed by atoms with Gasteiger partial charge in [0.1, 0.15) is 0 Å². The Balaban J connectivity index is 1.88. The van der Waals surface area contributed by atoms with Gasteiger partial charge in [-0.25, -0.2) is 0 Å². The third kappa shape index (κ3) is 4.18. The first-order valence-electron chi connectivity index (χ1n) is 7.31. The van der Waals surface area contributed by atoms with E-state index in [1.807, 2.05) is 10.9 Å². The summed E-state index contributed by atoms with van der Waals surface area (Å²) < 4.78 is 1.94. The molecule has 0 aromatic carbocycles. The predicted molar refractivity (Wildman–Crippen MR) is 80.8 cm³/mol. The summed E-state index contributed by atoms with van der Waals surface area (Å²) in [6.45, 7) is 3.39. The maximum absolute atomic E-state index is 11.9. The van der Waals surface area contributed by atoms with Gasteiger partial charge in [0.15, 0.2) is 0 Å². The fourth-order valence-electron chi connectivity index (χ4n) is 2.60. The minimum atomic E-state index is -0.275. The maximum atomic E-state index is 11.9. The molecule has 2 rings (SSSR count). The van der Waals surface area contributed by atoms with Crippen molar-refractivity contribution in [1.29, 1.82) is 0 Å². The highest BCUT2D eigenvalue weighted by Crippen LogP contribution is 2.28. The summed E-state index contributed by atoms with van der Waals surface area (Å²) in [5, 5.41) is 7.09. The number of carbonyl (C=O) groups excluding carboxylic acids is 2. The topological polar surface area (TPSA) is 67.2 Å². The van der Waals surface area contributed by atoms with Crippen LogP contribution in [0.4, 0.5) is 5.69 Å². The molecule has 6 nitrogen and oxygen atoms in total. The first-order valence-corrected chi connectivity index (χ1v) is 7.31. The summed E-state index contributed by atoms with van der Waals surface area (Å²) in [6.07, 6.45) is 10.8. The molecule has 21 heavy (non-hydrogen) atoms. The van der Waals surface area contributed by atoms with Crippen LogP contribution in [-0.4, -0.2) is 40.1 Å². The van der Waals surface area contributed by atoms with Crippen LogP contribution in [0.15, 0.2) is 25.0 Å². The van der Waals surface area contributed by atoms with Crippen LogP contribution >= 0.6 is 0 Å². The summed E-state index contributed by atoms with van der Waals surface area (Å²) in [5.41, 5.74) is 0.671. The number of nitrogens with zero attached hydrogens (tertiary/aromatic N) is 3. The van der Waals surface area contributed by atoms with Crippen LogP contribution in [0.2, 0.25) is 0 Å². The highest BCUT2D eigenvalue weighted by molar-refractivity contribution is 5.96. The SMILES string of the molecule is C=CC(=O)N(C)CC(=O)Nc1cnn(C2CCCCC2)c1. The van der Waals surface area contributed by atoms with Gasteiger partial charge in [-0.05, 0) is 18.9 Å². The van der Waals surface area contributed by atoms with Crippen molar-refractivity contribution in [2.24, 2.45) is 0 Å². The highest BCUT2D eigenvalue weighted by Gasteiger charge is 2.17. The summed E-state index contributed by atoms with van der Waals surface area (Å²) in [4.78, 5) is 24.5. The molecule has 1 fully saturated rings. The molecule has 1 saturated carbocycles. The minimum Gasteiger partial charge on any atom is -0.333 e. The van der Waals surface area contributed by atoms with Gasteiger partial charge in [0.05, 0.1) is 24.5 Å². The van der Waals surface area contributed by atoms with Gasteiger partial charge in [-0.2, -0.15) is 5.10 Å². The Kier molecular flexibility index (Phi) is 5.14. The first-order chi connectivity index (χ1) is 10.1. The molecule has 0 aliphatic heterocycles. The van der Waals surface area contributed by atoms with E-state index in [-0.39, 0.29) is 18.4 Å². The molecular weight excluding hydrogens is 268 g/mol. The quantitative estimate of drug-likeness (QED) is 0.843. The van der Waals surface area contributed by atoms with E-state index in [9.17, 15) is 9.59 Å². The zero-order valence-corrected chi connectivity index (χ0v) is 12.4. The summed E-state index contributed by atoms with van der Waals surface area (Å²) >= 11 is 0. The number of hydrogen-bond acceptors (Lipinski definition) is 3. The lowest BCUT2D eigenvalue weighted by molar-refractivity contribution is -0.129. The molecule has 0 atom stereocenters. The summed E-state index contributed by atoms with van der Waals surface area (Å²) in [7, 11) is 1.56. The van der Waals surface area contributed by atoms with Crippen LogP contribution in [0, 0.1) is 0 Å². The Morgan fingerprint density at radius 1 is 1.48 bits per heavy atom. The maximum Gasteiger partial charge on any atom is 0.246 e. The Hall–Kier alpha value is -2.11. The third-order valence-corrected chi connectivity index (χ3v) is 3.77. The molecule has 0 saturated heterocycles. The van der Waals surface area contributed by atoms with Gasteiger partial charge >= 0.3 is 0 Å². The normalized spacial score (nSPS) is 15.5. The van der Waals surface area contributed by atoms with E-state index in [1.54, 1.807) is 13.2 Å². The van der Waals surface area contributed by atoms with Gasteiger partial charge in [0.25, 0.3) is 0 Å². The Morgan fingerprint density at radius 2 is 2.19 bits per heavy atom. The molecule has 0 spiro atoms. The zero-order valence-electron chi connectivity index (χ0n) is 12.4. The lowest BCUT2D eigenvalue weighted by Gasteiger charge is -2.21. The molecule has 6 heteroatoms. The number of likely N-dealkylation sites (N-methyl/N-ethyl adjacent to an activating group) is 1. The van der Waals surface area contributed by atoms with Gasteiger partial charge in [0.2, 0.25) is 11.8 Å². The van der Waals surface area contributed by atoms with Gasteiger partial charge in [0, 0.05) is 13.2 Å². The standard InChI is InChI=1S/C15H22N4O2/c1-3-15(21)18(2)11-14(20)17-12-9-16-19(10-12)13-7-5-4-6-8-13/h3,9-10,13H,1,4-8,11H2,2H3,(H,17,20). The van der Waals surface area contributed by atoms with Crippen LogP contribution in [0.25, 0.3) is 0 Å². The van der Waals surface area contributed by atoms with Crippen LogP contribution in [0.1, 0.15) is 38.1 Å². The number of hydrogen-bond donors (Lipinski definition) is 1. The van der Waals surface area contributed by atoms with E-state index in [0.717, 1.165) is 12.8 Å². The number of carbonyl (C=O) groups is 2. The Bertz CT molecular complexity index is 517. The van der Waals surface area contributed by atoms with Crippen LogP contribution < -0.4 is 5.32 Å². The molecule has 114 valence electrons. The second-order valence-corrected chi connectivity index (χ2v) is 5.45. The second kappa shape index (κ2) is 7.06. The number of amides is 2. The second-order valence-electron chi connectivity index (χ2n) is 5.45. The van der Waals surface area contributed by atoms with Crippen molar-refractivity contribution in [3.63, 3.8) is 0 Å². The minimum absolute atomic E-state index is 0.000534. The largest absolute Gasteiger partial charge is 0.333 e. The van der Waals surface area contributed by atoms with Gasteiger partial charge < -0.3 is 10.2 Å². The summed E-state index contributed by atoms with van der Waals surface area (Å²) in [6, 6.07) is 0.439. The van der Waals surface area contributed by atoms with Crippen molar-refractivity contribution in [2.75, 3.05) is 18.9 Å². The Labute approximate surface area is 124 Å². The van der Waals surface area contributed by atoms with Crippen LogP contribution in [0.3, 0.4) is 0 Å². The molecule has 1 N–H and O–H groups in total. The first kappa shape index (κ1) is 15.3. The average molecular weight is 290 g/mol. The van der Waals surface area contributed by atoms with Gasteiger partial charge in [-0.3, -0.25) is 14.3 Å². The van der Waals surface area contributed by atoms with E-state index >= 15 is 0 Å². The molecule has 0 radical (unpaired) electrons. The van der Waals surface area contributed by atoms with Crippen molar-refractivity contribution in [3.05, 3.63) is 25.0 Å². The van der Waals surface area contributed by atoms with E-state index in [0.29, 0.717) is 11.7 Å². The molecule has 1 aromatic heterocycles. The van der Waals surface area contributed by atoms with Crippen LogP contribution in [-0.2, 0) is 9.59 Å². The molecule has 0 unspecified atom stereocenters. The number of rotatable bonds is 5. The van der Waals surface area contributed by atoms with E-state index in [4.69, 9.17) is 0 Å². The molecular formula is C15H22N4O2. The average Bonchev–Trinajstić information content (AvgIpc) is 2.95. The third-order valence-electron chi connectivity index (χ3n) is 3.77. The van der Waals surface area contributed by atoms with Gasteiger partial charge in [-0.15, -0.1) is 0 Å². The van der Waals surface area contributed by atoms with E-state index in [2.05, 4.69) is 17.0 Å². The molecule has 1 heterocycles. The molecule has 1 aliphatic carbocycles. The lowest BCUT2D eigenvalue weighted by Crippen LogP contribution is -2.33. The molecule has 1 aliphatic rings. The summed E-state index contributed by atoms with van der Waals surface area (Å²) in [5.74, 6) is -0.515. The Morgan fingerprint density at radius 3 is 2.86 bits per heavy atom. The molecule has 1 aromatic rings. The van der Waals surface area contributed by atoms with Crippen molar-refractivity contribution in [2.45, 2.75) is 38.1 Å². The molecule has 0 bridgehead atoms. The monoisotopic (exact) mass is 290 g/mol. The molecule has 2 amide bonds. The fraction of sp³-hybridized carbons (Fsp3) is 0.533. The van der Waals surface area contributed by atoms with Crippen molar-refractivity contribution in [1.82, 2.24) is 14.7 Å². The highest BCUT2D eigenvalue weighted by atomic mass is 16.2.